The van der Waals surface area contributed by atoms with E-state index in [-0.39, 0.29) is 36.3 Å². The second-order valence-corrected chi connectivity index (χ2v) is 6.54. The molecule has 25 heavy (non-hydrogen) atoms. The summed E-state index contributed by atoms with van der Waals surface area (Å²) in [6, 6.07) is -0.915. The molecule has 0 saturated carbocycles. The molecule has 0 aliphatic carbocycles. The Hall–Kier alpha value is -2.40. The van der Waals surface area contributed by atoms with Crippen LogP contribution in [0.1, 0.15) is 19.3 Å². The number of aliphatic hydroxyl groups excluding tert-OH is 1. The van der Waals surface area contributed by atoms with Crippen LogP contribution in [0.5, 0.6) is 0 Å². The maximum absolute atomic E-state index is 12.1. The van der Waals surface area contributed by atoms with Crippen LogP contribution in [0.3, 0.4) is 0 Å². The number of rotatable bonds is 8. The van der Waals surface area contributed by atoms with Crippen molar-refractivity contribution in [3.63, 3.8) is 0 Å². The lowest BCUT2D eigenvalue weighted by Crippen LogP contribution is -2.71. The number of nitrogens with one attached hydrogen (secondary N) is 1. The van der Waals surface area contributed by atoms with Crippen LogP contribution in [0, 0.1) is 0 Å². The van der Waals surface area contributed by atoms with Gasteiger partial charge >= 0.3 is 5.97 Å². The standard InChI is InChI=1S/C14H16N2O8S/c17-4-6-5-25-12-9(11(20)16(12)10(6)14(23)24)15-8(19)3-1-2-7(18)13(21)22/h9,12,17H,1-5H2,(H,15,19)(H,21,22)(H,23,24)/p-1/t9-,12-/m1/s1. The number of β-lactam (4-membered cyclic amide) rings is 1. The number of thioether (sulfide) groups is 1. The number of carbonyl (C=O) groups is 5. The molecule has 0 bridgehead atoms. The zero-order valence-electron chi connectivity index (χ0n) is 12.9. The fourth-order valence-corrected chi connectivity index (χ4v) is 3.89. The summed E-state index contributed by atoms with van der Waals surface area (Å²) in [6.45, 7) is -0.512. The maximum Gasteiger partial charge on any atom is 0.372 e. The fraction of sp³-hybridized carbons (Fsp3) is 0.500. The minimum atomic E-state index is -1.57. The Morgan fingerprint density at radius 3 is 2.52 bits per heavy atom. The van der Waals surface area contributed by atoms with E-state index in [1.807, 2.05) is 0 Å². The van der Waals surface area contributed by atoms with Gasteiger partial charge < -0.3 is 25.4 Å². The molecule has 0 radical (unpaired) electrons. The first-order valence-corrected chi connectivity index (χ1v) is 8.37. The molecular weight excluding hydrogens is 356 g/mol. The molecule has 136 valence electrons. The molecule has 0 aromatic carbocycles. The predicted octanol–water partition coefficient (Wildman–Crippen LogP) is -2.79. The molecule has 1 fully saturated rings. The summed E-state index contributed by atoms with van der Waals surface area (Å²) in [5, 5.41) is 30.7. The number of amides is 2. The van der Waals surface area contributed by atoms with Crippen molar-refractivity contribution in [1.82, 2.24) is 10.2 Å². The van der Waals surface area contributed by atoms with E-state index in [0.717, 1.165) is 4.90 Å². The lowest BCUT2D eigenvalue weighted by atomic mass is 10.0. The Balaban J connectivity index is 1.92. The van der Waals surface area contributed by atoms with Crippen molar-refractivity contribution >= 4 is 41.3 Å². The van der Waals surface area contributed by atoms with Gasteiger partial charge in [-0.05, 0) is 12.0 Å². The van der Waals surface area contributed by atoms with E-state index < -0.39 is 47.6 Å². The van der Waals surface area contributed by atoms with Crippen LogP contribution in [-0.4, -0.2) is 68.4 Å². The van der Waals surface area contributed by atoms with Gasteiger partial charge in [0.2, 0.25) is 11.7 Å². The molecule has 2 aliphatic heterocycles. The van der Waals surface area contributed by atoms with Crippen LogP contribution >= 0.6 is 11.8 Å². The number of carbonyl (C=O) groups excluding carboxylic acids is 4. The highest BCUT2D eigenvalue weighted by atomic mass is 32.2. The van der Waals surface area contributed by atoms with Crippen LogP contribution < -0.4 is 10.4 Å². The molecule has 11 heteroatoms. The Morgan fingerprint density at radius 2 is 1.96 bits per heavy atom. The van der Waals surface area contributed by atoms with Crippen molar-refractivity contribution in [2.24, 2.45) is 0 Å². The highest BCUT2D eigenvalue weighted by Crippen LogP contribution is 2.39. The summed E-state index contributed by atoms with van der Waals surface area (Å²) in [6.07, 6.45) is -0.396. The third-order valence-corrected chi connectivity index (χ3v) is 5.13. The second-order valence-electron chi connectivity index (χ2n) is 5.43. The second kappa shape index (κ2) is 7.66. The monoisotopic (exact) mass is 371 g/mol. The molecule has 3 N–H and O–H groups in total. The highest BCUT2D eigenvalue weighted by Gasteiger charge is 2.52. The van der Waals surface area contributed by atoms with Crippen LogP contribution in [0.4, 0.5) is 0 Å². The Morgan fingerprint density at radius 1 is 1.28 bits per heavy atom. The van der Waals surface area contributed by atoms with E-state index in [1.54, 1.807) is 0 Å². The lowest BCUT2D eigenvalue weighted by Gasteiger charge is -2.50. The van der Waals surface area contributed by atoms with Crippen LogP contribution in [-0.2, 0) is 24.0 Å². The van der Waals surface area contributed by atoms with Crippen molar-refractivity contribution < 1.29 is 39.3 Å². The number of hydrogen-bond donors (Lipinski definition) is 3. The van der Waals surface area contributed by atoms with Gasteiger partial charge in [0.15, 0.2) is 0 Å². The van der Waals surface area contributed by atoms with E-state index in [9.17, 15) is 34.2 Å². The first-order chi connectivity index (χ1) is 11.8. The first kappa shape index (κ1) is 18.9. The third kappa shape index (κ3) is 3.82. The zero-order valence-corrected chi connectivity index (χ0v) is 13.7. The molecule has 1 saturated heterocycles. The van der Waals surface area contributed by atoms with Crippen molar-refractivity contribution in [2.45, 2.75) is 30.7 Å². The molecular formula is C14H15N2O8S-. The van der Waals surface area contributed by atoms with Crippen molar-refractivity contribution in [3.8, 4) is 0 Å². The molecule has 10 nitrogen and oxygen atoms in total. The molecule has 2 amide bonds. The molecule has 0 aromatic heterocycles. The minimum Gasteiger partial charge on any atom is -0.543 e. The average molecular weight is 371 g/mol. The number of fused-ring (bicyclic) bond motifs is 1. The van der Waals surface area contributed by atoms with Crippen LogP contribution in [0.15, 0.2) is 11.3 Å². The van der Waals surface area contributed by atoms with Gasteiger partial charge in [0.25, 0.3) is 5.91 Å². The van der Waals surface area contributed by atoms with Gasteiger partial charge in [-0.2, -0.15) is 0 Å². The number of Topliss-reactive ketones (excluding diaryl/α,β-unsaturated/α-hetero) is 1. The predicted molar refractivity (Wildman–Crippen MR) is 80.6 cm³/mol. The van der Waals surface area contributed by atoms with Gasteiger partial charge in [-0.25, -0.2) is 4.79 Å². The lowest BCUT2D eigenvalue weighted by molar-refractivity contribution is -0.301. The maximum atomic E-state index is 12.1. The summed E-state index contributed by atoms with van der Waals surface area (Å²) in [4.78, 5) is 57.4. The van der Waals surface area contributed by atoms with Gasteiger partial charge in [-0.1, -0.05) is 0 Å². The van der Waals surface area contributed by atoms with Gasteiger partial charge in [0.05, 0.1) is 18.3 Å². The van der Waals surface area contributed by atoms with E-state index in [0.29, 0.717) is 0 Å². The molecule has 0 spiro atoms. The number of aliphatic hydroxyl groups is 1. The Bertz CT molecular complexity index is 674. The number of aliphatic carboxylic acids is 2. The number of nitrogens with zero attached hydrogens (tertiary/aromatic N) is 1. The molecule has 0 aromatic rings. The summed E-state index contributed by atoms with van der Waals surface area (Å²) < 4.78 is 0. The summed E-state index contributed by atoms with van der Waals surface area (Å²) >= 11 is 1.20. The normalized spacial score (nSPS) is 22.1. The summed E-state index contributed by atoms with van der Waals surface area (Å²) in [5.74, 6) is -5.11. The number of carboxylic acid groups (broad SMARTS) is 2. The number of ketones is 1. The van der Waals surface area contributed by atoms with E-state index in [4.69, 9.17) is 5.11 Å². The zero-order chi connectivity index (χ0) is 18.7. The third-order valence-electron chi connectivity index (χ3n) is 3.79. The van der Waals surface area contributed by atoms with Gasteiger partial charge in [-0.3, -0.25) is 19.3 Å². The van der Waals surface area contributed by atoms with E-state index in [2.05, 4.69) is 5.32 Å². The molecule has 2 rings (SSSR count). The SMILES string of the molecule is O=C(CCCC(=O)C(=O)O)N[C@@H]1C(=O)N2C(C(=O)[O-])=C(CO)CS[C@H]12. The smallest absolute Gasteiger partial charge is 0.372 e. The van der Waals surface area contributed by atoms with E-state index >= 15 is 0 Å². The summed E-state index contributed by atoms with van der Waals surface area (Å²) in [5.41, 5.74) is -0.194. The minimum absolute atomic E-state index is 0.0261. The van der Waals surface area contributed by atoms with Crippen LogP contribution in [0.25, 0.3) is 0 Å². The van der Waals surface area contributed by atoms with Gasteiger partial charge in [0.1, 0.15) is 11.4 Å². The average Bonchev–Trinajstić information content (AvgIpc) is 2.57. The number of carboxylic acids is 2. The molecule has 2 atom stereocenters. The Labute approximate surface area is 145 Å². The largest absolute Gasteiger partial charge is 0.543 e. The van der Waals surface area contributed by atoms with Crippen molar-refractivity contribution in [1.29, 1.82) is 0 Å². The van der Waals surface area contributed by atoms with Crippen molar-refractivity contribution in [3.05, 3.63) is 11.3 Å². The van der Waals surface area contributed by atoms with Gasteiger partial charge in [-0.15, -0.1) is 11.8 Å². The van der Waals surface area contributed by atoms with Gasteiger partial charge in [0, 0.05) is 18.6 Å². The quantitative estimate of drug-likeness (QED) is 0.302. The molecule has 0 unspecified atom stereocenters. The highest BCUT2D eigenvalue weighted by molar-refractivity contribution is 8.00. The van der Waals surface area contributed by atoms with E-state index in [1.165, 1.54) is 11.8 Å². The topological polar surface area (TPSA) is 164 Å². The molecule has 2 aliphatic rings. The summed E-state index contributed by atoms with van der Waals surface area (Å²) in [7, 11) is 0. The van der Waals surface area contributed by atoms with Crippen molar-refractivity contribution in [2.75, 3.05) is 12.4 Å². The Kier molecular flexibility index (Phi) is 5.80. The van der Waals surface area contributed by atoms with Crippen LogP contribution in [0.2, 0.25) is 0 Å². The first-order valence-electron chi connectivity index (χ1n) is 7.32. The molecule has 2 heterocycles. The number of hydrogen-bond acceptors (Lipinski definition) is 8. The fourth-order valence-electron chi connectivity index (χ4n) is 2.56.